The van der Waals surface area contributed by atoms with Crippen LogP contribution in [0.3, 0.4) is 0 Å². The largest absolute Gasteiger partial charge is 0.485 e. The fourth-order valence-corrected chi connectivity index (χ4v) is 3.71. The SMILES string of the molecule is COC1=CC=C(C(CO)NC(=O)c2c(C)nc3c(OCc4c(F)cccc4F)cccn23)CN1. The smallest absolute Gasteiger partial charge is 0.270 e. The maximum absolute atomic E-state index is 14.0. The van der Waals surface area contributed by atoms with Crippen LogP contribution in [0.1, 0.15) is 21.7 Å². The number of imidazole rings is 1. The first-order valence-corrected chi connectivity index (χ1v) is 10.6. The van der Waals surface area contributed by atoms with Crippen molar-refractivity contribution < 1.29 is 28.2 Å². The second-order valence-electron chi connectivity index (χ2n) is 7.64. The van der Waals surface area contributed by atoms with Gasteiger partial charge in [-0.15, -0.1) is 0 Å². The highest BCUT2D eigenvalue weighted by Crippen LogP contribution is 2.24. The summed E-state index contributed by atoms with van der Waals surface area (Å²) in [7, 11) is 1.54. The second-order valence-corrected chi connectivity index (χ2v) is 7.64. The molecule has 1 aliphatic heterocycles. The molecule has 1 aromatic carbocycles. The molecule has 0 bridgehead atoms. The predicted molar refractivity (Wildman–Crippen MR) is 120 cm³/mol. The standard InChI is InChI=1S/C24H24F2N4O4/c1-14-22(24(32)29-19(12-31)15-8-9-21(33-2)27-11-15)30-10-4-7-20(23(30)28-14)34-13-16-17(25)5-3-6-18(16)26/h3-10,19,27,31H,11-13H2,1-2H3,(H,29,32). The van der Waals surface area contributed by atoms with Gasteiger partial charge < -0.3 is 25.2 Å². The Labute approximate surface area is 194 Å². The second kappa shape index (κ2) is 9.92. The first kappa shape index (κ1) is 23.2. The number of amides is 1. The van der Waals surface area contributed by atoms with Crippen LogP contribution in [0.4, 0.5) is 8.78 Å². The fourth-order valence-electron chi connectivity index (χ4n) is 3.71. The van der Waals surface area contributed by atoms with Gasteiger partial charge in [-0.25, -0.2) is 13.8 Å². The summed E-state index contributed by atoms with van der Waals surface area (Å²) >= 11 is 0. The van der Waals surface area contributed by atoms with E-state index >= 15 is 0 Å². The molecular formula is C24H24F2N4O4. The van der Waals surface area contributed by atoms with Crippen molar-refractivity contribution in [3.8, 4) is 5.75 Å². The number of benzene rings is 1. The van der Waals surface area contributed by atoms with Crippen molar-refractivity contribution in [2.45, 2.75) is 19.6 Å². The van der Waals surface area contributed by atoms with Crippen LogP contribution in [0.5, 0.6) is 5.75 Å². The lowest BCUT2D eigenvalue weighted by Crippen LogP contribution is -2.42. The van der Waals surface area contributed by atoms with Gasteiger partial charge in [0, 0.05) is 12.7 Å². The molecule has 1 unspecified atom stereocenters. The predicted octanol–water partition coefficient (Wildman–Crippen LogP) is 2.61. The minimum atomic E-state index is -0.708. The molecule has 1 aliphatic rings. The van der Waals surface area contributed by atoms with E-state index in [1.165, 1.54) is 6.07 Å². The van der Waals surface area contributed by atoms with Crippen molar-refractivity contribution >= 4 is 11.6 Å². The first-order chi connectivity index (χ1) is 16.4. The number of carbonyl (C=O) groups is 1. The third-order valence-corrected chi connectivity index (χ3v) is 5.51. The average Bonchev–Trinajstić information content (AvgIpc) is 3.18. The molecule has 0 fully saturated rings. The van der Waals surface area contributed by atoms with E-state index < -0.39 is 23.6 Å². The van der Waals surface area contributed by atoms with Crippen molar-refractivity contribution in [3.63, 3.8) is 0 Å². The number of halogens is 2. The van der Waals surface area contributed by atoms with E-state index in [1.54, 1.807) is 48.9 Å². The highest BCUT2D eigenvalue weighted by molar-refractivity contribution is 5.95. The van der Waals surface area contributed by atoms with Crippen molar-refractivity contribution in [1.82, 2.24) is 20.0 Å². The number of carbonyl (C=O) groups excluding carboxylic acids is 1. The molecular weight excluding hydrogens is 446 g/mol. The third-order valence-electron chi connectivity index (χ3n) is 5.51. The molecule has 3 heterocycles. The molecule has 0 radical (unpaired) electrons. The minimum Gasteiger partial charge on any atom is -0.485 e. The Morgan fingerprint density at radius 3 is 2.68 bits per heavy atom. The Morgan fingerprint density at radius 1 is 1.26 bits per heavy atom. The summed E-state index contributed by atoms with van der Waals surface area (Å²) in [4.78, 5) is 17.6. The van der Waals surface area contributed by atoms with Crippen LogP contribution in [-0.2, 0) is 11.3 Å². The van der Waals surface area contributed by atoms with E-state index in [0.29, 0.717) is 23.8 Å². The number of aliphatic hydroxyl groups is 1. The van der Waals surface area contributed by atoms with Crippen molar-refractivity contribution in [3.05, 3.63) is 88.7 Å². The molecule has 0 spiro atoms. The topological polar surface area (TPSA) is 97.1 Å². The molecule has 2 aromatic heterocycles. The fraction of sp³-hybridized carbons (Fsp3) is 0.250. The number of aryl methyl sites for hydroxylation is 1. The zero-order chi connectivity index (χ0) is 24.2. The average molecular weight is 470 g/mol. The Balaban J connectivity index is 1.58. The van der Waals surface area contributed by atoms with E-state index in [-0.39, 0.29) is 30.2 Å². The van der Waals surface area contributed by atoms with Crippen LogP contribution >= 0.6 is 0 Å². The molecule has 8 nitrogen and oxygen atoms in total. The lowest BCUT2D eigenvalue weighted by molar-refractivity contribution is 0.0919. The summed E-state index contributed by atoms with van der Waals surface area (Å²) in [6, 6.07) is 6.23. The number of rotatable bonds is 8. The summed E-state index contributed by atoms with van der Waals surface area (Å²) in [5.74, 6) is -1.00. The molecule has 10 heteroatoms. The molecule has 0 saturated carbocycles. The number of aromatic nitrogens is 2. The van der Waals surface area contributed by atoms with Crippen molar-refractivity contribution in [1.29, 1.82) is 0 Å². The number of nitrogens with zero attached hydrogens (tertiary/aromatic N) is 2. The lowest BCUT2D eigenvalue weighted by Gasteiger charge is -2.23. The van der Waals surface area contributed by atoms with E-state index in [2.05, 4.69) is 15.6 Å². The van der Waals surface area contributed by atoms with E-state index in [4.69, 9.17) is 9.47 Å². The number of pyridine rings is 1. The number of nitrogens with one attached hydrogen (secondary N) is 2. The van der Waals surface area contributed by atoms with Crippen LogP contribution in [0.15, 0.2) is 60.1 Å². The molecule has 1 atom stereocenters. The first-order valence-electron chi connectivity index (χ1n) is 10.6. The number of methoxy groups -OCH3 is 1. The summed E-state index contributed by atoms with van der Waals surface area (Å²) < 4.78 is 40.2. The number of fused-ring (bicyclic) bond motifs is 1. The number of hydrogen-bond donors (Lipinski definition) is 3. The minimum absolute atomic E-state index is 0.198. The zero-order valence-electron chi connectivity index (χ0n) is 18.6. The molecule has 34 heavy (non-hydrogen) atoms. The molecule has 4 rings (SSSR count). The molecule has 3 aromatic rings. The molecule has 0 saturated heterocycles. The van der Waals surface area contributed by atoms with Crippen LogP contribution in [0.25, 0.3) is 5.65 Å². The summed E-state index contributed by atoms with van der Waals surface area (Å²) in [6.07, 6.45) is 5.14. The molecule has 3 N–H and O–H groups in total. The number of aliphatic hydroxyl groups excluding tert-OH is 1. The van der Waals surface area contributed by atoms with E-state index in [9.17, 15) is 18.7 Å². The van der Waals surface area contributed by atoms with Gasteiger partial charge in [0.2, 0.25) is 0 Å². The van der Waals surface area contributed by atoms with Crippen LogP contribution in [-0.4, -0.2) is 46.7 Å². The number of dihydropyridines is 1. The van der Waals surface area contributed by atoms with Crippen LogP contribution in [0, 0.1) is 18.6 Å². The van der Waals surface area contributed by atoms with E-state index in [1.807, 2.05) is 0 Å². The summed E-state index contributed by atoms with van der Waals surface area (Å²) in [5, 5.41) is 15.7. The number of hydrogen-bond acceptors (Lipinski definition) is 6. The van der Waals surface area contributed by atoms with Crippen molar-refractivity contribution in [2.75, 3.05) is 20.3 Å². The maximum Gasteiger partial charge on any atom is 0.270 e. The molecule has 1 amide bonds. The molecule has 0 aliphatic carbocycles. The third kappa shape index (κ3) is 4.58. The highest BCUT2D eigenvalue weighted by Gasteiger charge is 2.24. The van der Waals surface area contributed by atoms with Crippen LogP contribution in [0.2, 0.25) is 0 Å². The van der Waals surface area contributed by atoms with Gasteiger partial charge in [0.05, 0.1) is 31.0 Å². The monoisotopic (exact) mass is 470 g/mol. The summed E-state index contributed by atoms with van der Waals surface area (Å²) in [5.41, 5.74) is 1.59. The van der Waals surface area contributed by atoms with Crippen molar-refractivity contribution in [2.24, 2.45) is 0 Å². The Kier molecular flexibility index (Phi) is 6.78. The quantitative estimate of drug-likeness (QED) is 0.468. The Hall–Kier alpha value is -3.92. The summed E-state index contributed by atoms with van der Waals surface area (Å²) in [6.45, 7) is 1.44. The van der Waals surface area contributed by atoms with E-state index in [0.717, 1.165) is 17.7 Å². The van der Waals surface area contributed by atoms with Gasteiger partial charge in [0.15, 0.2) is 17.3 Å². The zero-order valence-corrected chi connectivity index (χ0v) is 18.6. The highest BCUT2D eigenvalue weighted by atomic mass is 19.1. The van der Waals surface area contributed by atoms with Crippen LogP contribution < -0.4 is 15.4 Å². The number of ether oxygens (including phenoxy) is 2. The maximum atomic E-state index is 14.0. The van der Waals surface area contributed by atoms with Gasteiger partial charge in [-0.05, 0) is 42.8 Å². The molecule has 178 valence electrons. The van der Waals surface area contributed by atoms with Gasteiger partial charge in [-0.3, -0.25) is 9.20 Å². The van der Waals surface area contributed by atoms with Gasteiger partial charge in [-0.1, -0.05) is 12.1 Å². The lowest BCUT2D eigenvalue weighted by atomic mass is 10.1. The van der Waals surface area contributed by atoms with Gasteiger partial charge >= 0.3 is 0 Å². The Bertz CT molecular complexity index is 1270. The van der Waals surface area contributed by atoms with Gasteiger partial charge in [0.1, 0.15) is 23.9 Å². The van der Waals surface area contributed by atoms with Gasteiger partial charge in [-0.2, -0.15) is 0 Å². The number of allylic oxidation sites excluding steroid dienone is 2. The normalized spacial score (nSPS) is 14.1. The Morgan fingerprint density at radius 2 is 2.03 bits per heavy atom. The van der Waals surface area contributed by atoms with Gasteiger partial charge in [0.25, 0.3) is 5.91 Å².